The average molecular weight is 288 g/mol. The first-order valence-electron chi connectivity index (χ1n) is 8.58. The Bertz CT molecular complexity index is 460. The molecule has 4 heteroatoms. The largest absolute Gasteiger partial charge is 0.367 e. The molecule has 1 aliphatic heterocycles. The molecule has 0 bridgehead atoms. The third kappa shape index (κ3) is 3.86. The van der Waals surface area contributed by atoms with Crippen LogP contribution in [0.3, 0.4) is 0 Å². The molecule has 4 nitrogen and oxygen atoms in total. The Labute approximate surface area is 128 Å². The van der Waals surface area contributed by atoms with Crippen LogP contribution in [0.1, 0.15) is 57.7 Å². The smallest absolute Gasteiger partial charge is 0.134 e. The molecule has 1 saturated heterocycles. The zero-order chi connectivity index (χ0) is 14.7. The van der Waals surface area contributed by atoms with E-state index < -0.39 is 0 Å². The van der Waals surface area contributed by atoms with Gasteiger partial charge in [-0.25, -0.2) is 9.97 Å². The zero-order valence-corrected chi connectivity index (χ0v) is 13.4. The van der Waals surface area contributed by atoms with Gasteiger partial charge < -0.3 is 10.2 Å². The van der Waals surface area contributed by atoms with Crippen molar-refractivity contribution in [3.05, 3.63) is 11.9 Å². The number of nitrogens with one attached hydrogen (secondary N) is 1. The minimum atomic E-state index is 0.599. The molecule has 1 N–H and O–H groups in total. The Morgan fingerprint density at radius 2 is 1.76 bits per heavy atom. The van der Waals surface area contributed by atoms with Gasteiger partial charge in [-0.15, -0.1) is 0 Å². The van der Waals surface area contributed by atoms with Gasteiger partial charge in [-0.3, -0.25) is 0 Å². The highest BCUT2D eigenvalue weighted by molar-refractivity contribution is 5.50. The van der Waals surface area contributed by atoms with Gasteiger partial charge in [0.25, 0.3) is 0 Å². The molecule has 2 fully saturated rings. The molecular weight excluding hydrogens is 260 g/mol. The fraction of sp³-hybridized carbons (Fsp3) is 0.765. The topological polar surface area (TPSA) is 41.1 Å². The first-order valence-corrected chi connectivity index (χ1v) is 8.58. The molecule has 0 unspecified atom stereocenters. The van der Waals surface area contributed by atoms with E-state index in [0.717, 1.165) is 36.5 Å². The van der Waals surface area contributed by atoms with Crippen molar-refractivity contribution < 1.29 is 0 Å². The molecule has 0 atom stereocenters. The summed E-state index contributed by atoms with van der Waals surface area (Å²) in [4.78, 5) is 11.7. The van der Waals surface area contributed by atoms with Gasteiger partial charge in [0.1, 0.15) is 17.5 Å². The van der Waals surface area contributed by atoms with E-state index in [0.29, 0.717) is 6.04 Å². The highest BCUT2D eigenvalue weighted by atomic mass is 15.2. The third-order valence-electron chi connectivity index (χ3n) is 4.89. The molecule has 2 aliphatic rings. The van der Waals surface area contributed by atoms with E-state index >= 15 is 0 Å². The van der Waals surface area contributed by atoms with Crippen LogP contribution in [0.5, 0.6) is 0 Å². The number of hydrogen-bond acceptors (Lipinski definition) is 4. The van der Waals surface area contributed by atoms with E-state index in [4.69, 9.17) is 0 Å². The molecule has 1 aromatic rings. The van der Waals surface area contributed by atoms with Crippen molar-refractivity contribution in [3.8, 4) is 0 Å². The number of aromatic nitrogens is 2. The van der Waals surface area contributed by atoms with Crippen LogP contribution in [0, 0.1) is 12.8 Å². The number of rotatable bonds is 3. The van der Waals surface area contributed by atoms with Crippen molar-refractivity contribution >= 4 is 11.6 Å². The predicted molar refractivity (Wildman–Crippen MR) is 87.9 cm³/mol. The Morgan fingerprint density at radius 1 is 1.05 bits per heavy atom. The van der Waals surface area contributed by atoms with Crippen LogP contribution in [0.25, 0.3) is 0 Å². The molecule has 0 spiro atoms. The average Bonchev–Trinajstić information content (AvgIpc) is 2.48. The van der Waals surface area contributed by atoms with E-state index in [-0.39, 0.29) is 0 Å². The molecule has 2 heterocycles. The highest BCUT2D eigenvalue weighted by Gasteiger charge is 2.19. The number of nitrogens with zero attached hydrogens (tertiary/aromatic N) is 3. The summed E-state index contributed by atoms with van der Waals surface area (Å²) in [7, 11) is 0. The van der Waals surface area contributed by atoms with Crippen molar-refractivity contribution in [2.45, 2.75) is 64.8 Å². The van der Waals surface area contributed by atoms with Crippen molar-refractivity contribution in [1.82, 2.24) is 9.97 Å². The van der Waals surface area contributed by atoms with Gasteiger partial charge in [-0.2, -0.15) is 0 Å². The van der Waals surface area contributed by atoms with E-state index in [1.807, 2.05) is 6.92 Å². The van der Waals surface area contributed by atoms with E-state index in [2.05, 4.69) is 33.2 Å². The molecular formula is C17H28N4. The lowest BCUT2D eigenvalue weighted by atomic mass is 9.95. The van der Waals surface area contributed by atoms with Gasteiger partial charge in [0.15, 0.2) is 0 Å². The van der Waals surface area contributed by atoms with Crippen molar-refractivity contribution in [2.75, 3.05) is 23.3 Å². The summed E-state index contributed by atoms with van der Waals surface area (Å²) >= 11 is 0. The predicted octanol–water partition coefficient (Wildman–Crippen LogP) is 3.77. The zero-order valence-electron chi connectivity index (χ0n) is 13.4. The minimum Gasteiger partial charge on any atom is -0.367 e. The lowest BCUT2D eigenvalue weighted by Crippen LogP contribution is -2.33. The van der Waals surface area contributed by atoms with Gasteiger partial charge in [-0.1, -0.05) is 26.2 Å². The van der Waals surface area contributed by atoms with Crippen LogP contribution in [0.2, 0.25) is 0 Å². The molecule has 116 valence electrons. The second-order valence-corrected chi connectivity index (χ2v) is 6.81. The number of anilines is 2. The molecule has 21 heavy (non-hydrogen) atoms. The summed E-state index contributed by atoms with van der Waals surface area (Å²) in [6.45, 7) is 6.60. The van der Waals surface area contributed by atoms with Crippen molar-refractivity contribution in [2.24, 2.45) is 5.92 Å². The van der Waals surface area contributed by atoms with Gasteiger partial charge in [-0.05, 0) is 38.5 Å². The maximum absolute atomic E-state index is 4.65. The van der Waals surface area contributed by atoms with Gasteiger partial charge in [0, 0.05) is 25.2 Å². The quantitative estimate of drug-likeness (QED) is 0.919. The summed E-state index contributed by atoms with van der Waals surface area (Å²) < 4.78 is 0. The first kappa shape index (κ1) is 14.6. The second-order valence-electron chi connectivity index (χ2n) is 6.81. The Kier molecular flexibility index (Phi) is 4.61. The van der Waals surface area contributed by atoms with Crippen LogP contribution < -0.4 is 10.2 Å². The summed E-state index contributed by atoms with van der Waals surface area (Å²) in [6, 6.07) is 2.75. The SMILES string of the molecule is Cc1nc(NC2CCCCC2)cc(N2CCC(C)CC2)n1. The normalized spacial score (nSPS) is 21.5. The van der Waals surface area contributed by atoms with Gasteiger partial charge >= 0.3 is 0 Å². The number of hydrogen-bond donors (Lipinski definition) is 1. The lowest BCUT2D eigenvalue weighted by Gasteiger charge is -2.31. The van der Waals surface area contributed by atoms with Crippen LogP contribution in [-0.4, -0.2) is 29.1 Å². The summed E-state index contributed by atoms with van der Waals surface area (Å²) in [5.74, 6) is 3.85. The molecule has 0 amide bonds. The van der Waals surface area contributed by atoms with Gasteiger partial charge in [0.05, 0.1) is 0 Å². The molecule has 3 rings (SSSR count). The van der Waals surface area contributed by atoms with Crippen LogP contribution in [0.15, 0.2) is 6.07 Å². The van der Waals surface area contributed by atoms with Crippen LogP contribution in [-0.2, 0) is 0 Å². The van der Waals surface area contributed by atoms with E-state index in [1.54, 1.807) is 0 Å². The van der Waals surface area contributed by atoms with Crippen LogP contribution in [0.4, 0.5) is 11.6 Å². The van der Waals surface area contributed by atoms with Crippen molar-refractivity contribution in [1.29, 1.82) is 0 Å². The maximum Gasteiger partial charge on any atom is 0.134 e. The highest BCUT2D eigenvalue weighted by Crippen LogP contribution is 2.25. The Balaban J connectivity index is 1.70. The second kappa shape index (κ2) is 6.63. The maximum atomic E-state index is 4.65. The number of piperidine rings is 1. The monoisotopic (exact) mass is 288 g/mol. The Hall–Kier alpha value is -1.32. The molecule has 1 aromatic heterocycles. The summed E-state index contributed by atoms with van der Waals surface area (Å²) in [5.41, 5.74) is 0. The van der Waals surface area contributed by atoms with E-state index in [9.17, 15) is 0 Å². The van der Waals surface area contributed by atoms with Crippen molar-refractivity contribution in [3.63, 3.8) is 0 Å². The molecule has 1 saturated carbocycles. The first-order chi connectivity index (χ1) is 10.2. The summed E-state index contributed by atoms with van der Waals surface area (Å²) in [6.07, 6.45) is 9.18. The lowest BCUT2D eigenvalue weighted by molar-refractivity contribution is 0.436. The summed E-state index contributed by atoms with van der Waals surface area (Å²) in [5, 5.41) is 3.63. The fourth-order valence-electron chi connectivity index (χ4n) is 3.48. The molecule has 0 aromatic carbocycles. The minimum absolute atomic E-state index is 0.599. The van der Waals surface area contributed by atoms with E-state index in [1.165, 1.54) is 44.9 Å². The third-order valence-corrected chi connectivity index (χ3v) is 4.89. The molecule has 1 aliphatic carbocycles. The number of aryl methyl sites for hydroxylation is 1. The standard InChI is InChI=1S/C17H28N4/c1-13-8-10-21(11-9-13)17-12-16(18-14(2)19-17)20-15-6-4-3-5-7-15/h12-13,15H,3-11H2,1-2H3,(H,18,19,20). The van der Waals surface area contributed by atoms with Gasteiger partial charge in [0.2, 0.25) is 0 Å². The fourth-order valence-corrected chi connectivity index (χ4v) is 3.48. The molecule has 0 radical (unpaired) electrons. The Morgan fingerprint density at radius 3 is 2.48 bits per heavy atom. The van der Waals surface area contributed by atoms with Crippen LogP contribution >= 0.6 is 0 Å².